The van der Waals surface area contributed by atoms with Crippen LogP contribution in [0.2, 0.25) is 0 Å². The second kappa shape index (κ2) is 2.94. The van der Waals surface area contributed by atoms with E-state index in [9.17, 15) is 0 Å². The summed E-state index contributed by atoms with van der Waals surface area (Å²) in [5, 5.41) is 9.16. The van der Waals surface area contributed by atoms with E-state index < -0.39 is 0 Å². The molecule has 3 heteroatoms. The molecule has 1 heterocycles. The van der Waals surface area contributed by atoms with Gasteiger partial charge in [-0.3, -0.25) is 0 Å². The summed E-state index contributed by atoms with van der Waals surface area (Å²) in [5.74, 6) is 0. The zero-order valence-corrected chi connectivity index (χ0v) is 5.68. The Hall–Kier alpha value is -0.410. The molecule has 0 aromatic carbocycles. The summed E-state index contributed by atoms with van der Waals surface area (Å²) in [6.07, 6.45) is 1.74. The zero-order valence-electron chi connectivity index (χ0n) is 5.68. The van der Waals surface area contributed by atoms with Crippen molar-refractivity contribution in [2.45, 2.75) is 12.8 Å². The van der Waals surface area contributed by atoms with Crippen molar-refractivity contribution < 1.29 is 4.84 Å². The molecule has 0 bridgehead atoms. The molecule has 1 fully saturated rings. The van der Waals surface area contributed by atoms with Crippen molar-refractivity contribution in [3.8, 4) is 0 Å². The Morgan fingerprint density at radius 2 is 2.00 bits per heavy atom. The van der Waals surface area contributed by atoms with Crippen LogP contribution in [-0.4, -0.2) is 31.0 Å². The summed E-state index contributed by atoms with van der Waals surface area (Å²) in [7, 11) is 1.68. The first-order valence-corrected chi connectivity index (χ1v) is 3.18. The third-order valence-electron chi connectivity index (χ3n) is 1.58. The molecule has 3 nitrogen and oxygen atoms in total. The normalized spacial score (nSPS) is 22.6. The second-order valence-electron chi connectivity index (χ2n) is 2.22. The molecule has 0 saturated carbocycles. The maximum absolute atomic E-state index is 7.27. The SMILES string of the molecule is CON1CCC(=N)CC1. The van der Waals surface area contributed by atoms with Crippen LogP contribution in [-0.2, 0) is 4.84 Å². The standard InChI is InChI=1S/C6H12N2O/c1-9-8-4-2-6(7)3-5-8/h7H,2-5H2,1H3. The molecular weight excluding hydrogens is 116 g/mol. The molecule has 1 aliphatic rings. The molecule has 52 valence electrons. The van der Waals surface area contributed by atoms with E-state index in [1.165, 1.54) is 0 Å². The summed E-state index contributed by atoms with van der Waals surface area (Å²) < 4.78 is 0. The van der Waals surface area contributed by atoms with Gasteiger partial charge in [0.15, 0.2) is 0 Å². The van der Waals surface area contributed by atoms with Crippen molar-refractivity contribution in [2.75, 3.05) is 20.2 Å². The van der Waals surface area contributed by atoms with Crippen molar-refractivity contribution in [3.63, 3.8) is 0 Å². The Balaban J connectivity index is 2.26. The van der Waals surface area contributed by atoms with Gasteiger partial charge in [0.25, 0.3) is 0 Å². The first kappa shape index (κ1) is 6.71. The first-order chi connectivity index (χ1) is 4.33. The Morgan fingerprint density at radius 1 is 1.44 bits per heavy atom. The summed E-state index contributed by atoms with van der Waals surface area (Å²) >= 11 is 0. The van der Waals surface area contributed by atoms with Gasteiger partial charge in [0.1, 0.15) is 0 Å². The van der Waals surface area contributed by atoms with Crippen molar-refractivity contribution in [1.29, 1.82) is 5.41 Å². The zero-order chi connectivity index (χ0) is 6.69. The van der Waals surface area contributed by atoms with E-state index in [0.29, 0.717) is 0 Å². The van der Waals surface area contributed by atoms with Crippen LogP contribution in [0.5, 0.6) is 0 Å². The molecule has 1 aliphatic heterocycles. The van der Waals surface area contributed by atoms with E-state index in [1.54, 1.807) is 7.11 Å². The molecule has 0 unspecified atom stereocenters. The average Bonchev–Trinajstić information content (AvgIpc) is 1.90. The molecule has 1 rings (SSSR count). The minimum atomic E-state index is 0.850. The summed E-state index contributed by atoms with van der Waals surface area (Å²) in [4.78, 5) is 4.98. The van der Waals surface area contributed by atoms with Gasteiger partial charge in [-0.05, 0) is 0 Å². The predicted octanol–water partition coefficient (Wildman–Crippen LogP) is 0.663. The highest BCUT2D eigenvalue weighted by Crippen LogP contribution is 2.04. The number of hydrogen-bond donors (Lipinski definition) is 1. The van der Waals surface area contributed by atoms with Gasteiger partial charge in [0, 0.05) is 31.6 Å². The van der Waals surface area contributed by atoms with Crippen LogP contribution in [0.25, 0.3) is 0 Å². The Bertz CT molecular complexity index is 104. The van der Waals surface area contributed by atoms with Crippen molar-refractivity contribution in [3.05, 3.63) is 0 Å². The van der Waals surface area contributed by atoms with E-state index in [2.05, 4.69) is 0 Å². The number of hydrogen-bond acceptors (Lipinski definition) is 3. The molecule has 0 aliphatic carbocycles. The van der Waals surface area contributed by atoms with Gasteiger partial charge in [-0.1, -0.05) is 0 Å². The van der Waals surface area contributed by atoms with Crippen LogP contribution >= 0.6 is 0 Å². The lowest BCUT2D eigenvalue weighted by Gasteiger charge is -2.23. The molecule has 0 spiro atoms. The maximum atomic E-state index is 7.27. The van der Waals surface area contributed by atoms with Crippen molar-refractivity contribution >= 4 is 5.71 Å². The minimum absolute atomic E-state index is 0.850. The van der Waals surface area contributed by atoms with Crippen LogP contribution < -0.4 is 0 Å². The fourth-order valence-electron chi connectivity index (χ4n) is 0.939. The highest BCUT2D eigenvalue weighted by Gasteiger charge is 2.11. The third kappa shape index (κ3) is 1.77. The van der Waals surface area contributed by atoms with E-state index >= 15 is 0 Å². The number of nitrogens with zero attached hydrogens (tertiary/aromatic N) is 1. The summed E-state index contributed by atoms with van der Waals surface area (Å²) in [6, 6.07) is 0. The topological polar surface area (TPSA) is 36.3 Å². The molecule has 9 heavy (non-hydrogen) atoms. The predicted molar refractivity (Wildman–Crippen MR) is 35.5 cm³/mol. The van der Waals surface area contributed by atoms with Crippen LogP contribution in [0, 0.1) is 5.41 Å². The second-order valence-corrected chi connectivity index (χ2v) is 2.22. The monoisotopic (exact) mass is 128 g/mol. The molecule has 0 aromatic rings. The lowest BCUT2D eigenvalue weighted by atomic mass is 10.1. The summed E-state index contributed by atoms with van der Waals surface area (Å²) in [5.41, 5.74) is 0.850. The third-order valence-corrected chi connectivity index (χ3v) is 1.58. The van der Waals surface area contributed by atoms with Gasteiger partial charge in [-0.15, -0.1) is 0 Å². The average molecular weight is 128 g/mol. The van der Waals surface area contributed by atoms with Crippen LogP contribution in [0.3, 0.4) is 0 Å². The molecule has 0 amide bonds. The smallest absolute Gasteiger partial charge is 0.0575 e. The van der Waals surface area contributed by atoms with E-state index in [1.807, 2.05) is 5.06 Å². The lowest BCUT2D eigenvalue weighted by Crippen LogP contribution is -2.32. The number of nitrogens with one attached hydrogen (secondary N) is 1. The van der Waals surface area contributed by atoms with Gasteiger partial charge in [0.2, 0.25) is 0 Å². The molecule has 0 aromatic heterocycles. The van der Waals surface area contributed by atoms with Crippen LogP contribution in [0.15, 0.2) is 0 Å². The van der Waals surface area contributed by atoms with E-state index in [-0.39, 0.29) is 0 Å². The van der Waals surface area contributed by atoms with Gasteiger partial charge in [-0.2, -0.15) is 5.06 Å². The van der Waals surface area contributed by atoms with Gasteiger partial charge in [-0.25, -0.2) is 0 Å². The quantitative estimate of drug-likeness (QED) is 0.563. The molecule has 0 atom stereocenters. The van der Waals surface area contributed by atoms with Gasteiger partial charge in [0.05, 0.1) is 7.11 Å². The highest BCUT2D eigenvalue weighted by atomic mass is 16.7. The van der Waals surface area contributed by atoms with Gasteiger partial charge < -0.3 is 10.2 Å². The maximum Gasteiger partial charge on any atom is 0.0575 e. The molecular formula is C6H12N2O. The van der Waals surface area contributed by atoms with Crippen molar-refractivity contribution in [1.82, 2.24) is 5.06 Å². The fourth-order valence-corrected chi connectivity index (χ4v) is 0.939. The van der Waals surface area contributed by atoms with E-state index in [0.717, 1.165) is 31.6 Å². The minimum Gasteiger partial charge on any atom is -0.310 e. The number of rotatable bonds is 1. The molecule has 0 radical (unpaired) electrons. The lowest BCUT2D eigenvalue weighted by molar-refractivity contribution is -0.131. The number of hydroxylamine groups is 2. The van der Waals surface area contributed by atoms with Crippen LogP contribution in [0.1, 0.15) is 12.8 Å². The highest BCUT2D eigenvalue weighted by molar-refractivity contribution is 5.82. The summed E-state index contributed by atoms with van der Waals surface area (Å²) in [6.45, 7) is 1.77. The van der Waals surface area contributed by atoms with E-state index in [4.69, 9.17) is 10.2 Å². The fraction of sp³-hybridized carbons (Fsp3) is 0.833. The first-order valence-electron chi connectivity index (χ1n) is 3.18. The molecule has 1 N–H and O–H groups in total. The Kier molecular flexibility index (Phi) is 2.19. The van der Waals surface area contributed by atoms with Crippen molar-refractivity contribution in [2.24, 2.45) is 0 Å². The van der Waals surface area contributed by atoms with Crippen LogP contribution in [0.4, 0.5) is 0 Å². The Morgan fingerprint density at radius 3 is 2.44 bits per heavy atom. The van der Waals surface area contributed by atoms with Gasteiger partial charge >= 0.3 is 0 Å². The molecule has 1 saturated heterocycles. The largest absolute Gasteiger partial charge is 0.310 e. The number of piperidine rings is 1. The Labute approximate surface area is 55.1 Å².